The third-order valence-corrected chi connectivity index (χ3v) is 1.92. The first-order valence-electron chi connectivity index (χ1n) is 5.01. The molecule has 1 heterocycles. The molecule has 0 spiro atoms. The van der Waals surface area contributed by atoms with Gasteiger partial charge < -0.3 is 5.32 Å². The Hall–Kier alpha value is -1.38. The molecule has 14 heavy (non-hydrogen) atoms. The van der Waals surface area contributed by atoms with Gasteiger partial charge in [-0.1, -0.05) is 13.3 Å². The van der Waals surface area contributed by atoms with Crippen molar-refractivity contribution in [2.45, 2.75) is 26.7 Å². The normalized spacial score (nSPS) is 9.86. The van der Waals surface area contributed by atoms with Crippen molar-refractivity contribution in [1.82, 2.24) is 10.3 Å². The second-order valence-electron chi connectivity index (χ2n) is 3.15. The number of amides is 1. The lowest BCUT2D eigenvalue weighted by atomic mass is 10.1. The van der Waals surface area contributed by atoms with Gasteiger partial charge in [-0.3, -0.25) is 9.78 Å². The fourth-order valence-corrected chi connectivity index (χ4v) is 1.27. The van der Waals surface area contributed by atoms with Gasteiger partial charge in [0.1, 0.15) is 0 Å². The van der Waals surface area contributed by atoms with Crippen molar-refractivity contribution in [3.63, 3.8) is 0 Å². The zero-order chi connectivity index (χ0) is 10.4. The molecule has 1 amide bonds. The van der Waals surface area contributed by atoms with E-state index in [-0.39, 0.29) is 5.91 Å². The van der Waals surface area contributed by atoms with Gasteiger partial charge in [-0.15, -0.1) is 0 Å². The van der Waals surface area contributed by atoms with Crippen LogP contribution in [0.1, 0.15) is 36.3 Å². The molecule has 0 atom stereocenters. The van der Waals surface area contributed by atoms with Crippen molar-refractivity contribution in [3.8, 4) is 0 Å². The van der Waals surface area contributed by atoms with E-state index in [1.54, 1.807) is 12.3 Å². The Labute approximate surface area is 84.6 Å². The molecule has 0 fully saturated rings. The summed E-state index contributed by atoms with van der Waals surface area (Å²) in [6.45, 7) is 4.66. The van der Waals surface area contributed by atoms with E-state index in [9.17, 15) is 4.79 Å². The average Bonchev–Trinajstić information content (AvgIpc) is 2.19. The van der Waals surface area contributed by atoms with Gasteiger partial charge in [-0.05, 0) is 25.5 Å². The predicted molar refractivity (Wildman–Crippen MR) is 56.2 cm³/mol. The highest BCUT2D eigenvalue weighted by Crippen LogP contribution is 2.03. The maximum Gasteiger partial charge on any atom is 0.251 e. The molecule has 0 aliphatic carbocycles. The van der Waals surface area contributed by atoms with Gasteiger partial charge in [0.25, 0.3) is 5.91 Å². The number of carbonyl (C=O) groups is 1. The Balaban J connectivity index is 2.77. The zero-order valence-corrected chi connectivity index (χ0v) is 8.71. The molecule has 0 saturated heterocycles. The van der Waals surface area contributed by atoms with Crippen molar-refractivity contribution < 1.29 is 4.79 Å². The minimum atomic E-state index is -0.0211. The number of pyridine rings is 1. The van der Waals surface area contributed by atoms with Crippen LogP contribution in [0.4, 0.5) is 0 Å². The maximum absolute atomic E-state index is 11.5. The van der Waals surface area contributed by atoms with Gasteiger partial charge in [-0.25, -0.2) is 0 Å². The van der Waals surface area contributed by atoms with Crippen LogP contribution in [0.25, 0.3) is 0 Å². The Kier molecular flexibility index (Phi) is 4.11. The molecule has 76 valence electrons. The van der Waals surface area contributed by atoms with E-state index in [4.69, 9.17) is 0 Å². The third kappa shape index (κ3) is 2.83. The summed E-state index contributed by atoms with van der Waals surface area (Å²) in [4.78, 5) is 15.7. The topological polar surface area (TPSA) is 42.0 Å². The smallest absolute Gasteiger partial charge is 0.251 e. The van der Waals surface area contributed by atoms with Crippen LogP contribution >= 0.6 is 0 Å². The van der Waals surface area contributed by atoms with Crippen molar-refractivity contribution in [2.75, 3.05) is 6.54 Å². The van der Waals surface area contributed by atoms with Crippen LogP contribution < -0.4 is 5.32 Å². The van der Waals surface area contributed by atoms with E-state index in [0.717, 1.165) is 18.5 Å². The molecule has 3 nitrogen and oxygen atoms in total. The number of carbonyl (C=O) groups excluding carboxylic acids is 1. The number of aromatic nitrogens is 1. The van der Waals surface area contributed by atoms with Crippen LogP contribution in [0.2, 0.25) is 0 Å². The molecule has 1 aromatic heterocycles. The molecule has 0 radical (unpaired) electrons. The molecule has 1 N–H and O–H groups in total. The highest BCUT2D eigenvalue weighted by molar-refractivity contribution is 5.94. The minimum absolute atomic E-state index is 0.0211. The summed E-state index contributed by atoms with van der Waals surface area (Å²) in [7, 11) is 0. The molecule has 0 aliphatic heterocycles. The fourth-order valence-electron chi connectivity index (χ4n) is 1.27. The van der Waals surface area contributed by atoms with Gasteiger partial charge >= 0.3 is 0 Å². The molecular weight excluding hydrogens is 176 g/mol. The maximum atomic E-state index is 11.5. The van der Waals surface area contributed by atoms with E-state index in [2.05, 4.69) is 17.2 Å². The average molecular weight is 192 g/mol. The first kappa shape index (κ1) is 10.7. The minimum Gasteiger partial charge on any atom is -0.352 e. The quantitative estimate of drug-likeness (QED) is 0.790. The molecule has 0 aliphatic rings. The number of rotatable bonds is 4. The van der Waals surface area contributed by atoms with E-state index >= 15 is 0 Å². The first-order chi connectivity index (χ1) is 6.77. The predicted octanol–water partition coefficient (Wildman–Crippen LogP) is 1.78. The summed E-state index contributed by atoms with van der Waals surface area (Å²) in [5.41, 5.74) is 1.68. The molecule has 0 bridgehead atoms. The Morgan fingerprint density at radius 2 is 2.29 bits per heavy atom. The number of hydrogen-bond donors (Lipinski definition) is 1. The lowest BCUT2D eigenvalue weighted by Crippen LogP contribution is -2.22. The molecule has 0 aromatic carbocycles. The van der Waals surface area contributed by atoms with Crippen LogP contribution in [0, 0.1) is 0 Å². The molecule has 1 aromatic rings. The summed E-state index contributed by atoms with van der Waals surface area (Å²) in [6, 6.07) is 3.60. The summed E-state index contributed by atoms with van der Waals surface area (Å²) in [5.74, 6) is -0.0211. The lowest BCUT2D eigenvalue weighted by molar-refractivity contribution is 0.0955. The second kappa shape index (κ2) is 5.37. The highest BCUT2D eigenvalue weighted by atomic mass is 16.1. The van der Waals surface area contributed by atoms with Crippen LogP contribution in [-0.4, -0.2) is 17.4 Å². The van der Waals surface area contributed by atoms with Crippen LogP contribution in [0.3, 0.4) is 0 Å². The van der Waals surface area contributed by atoms with E-state index < -0.39 is 0 Å². The number of hydrogen-bond acceptors (Lipinski definition) is 2. The summed E-state index contributed by atoms with van der Waals surface area (Å²) in [6.07, 6.45) is 3.66. The van der Waals surface area contributed by atoms with Gasteiger partial charge in [0.15, 0.2) is 0 Å². The first-order valence-corrected chi connectivity index (χ1v) is 5.01. The number of nitrogens with zero attached hydrogens (tertiary/aromatic N) is 1. The van der Waals surface area contributed by atoms with Gasteiger partial charge in [0.2, 0.25) is 0 Å². The van der Waals surface area contributed by atoms with Crippen molar-refractivity contribution >= 4 is 5.91 Å². The molecule has 3 heteroatoms. The van der Waals surface area contributed by atoms with Gasteiger partial charge in [0, 0.05) is 24.0 Å². The van der Waals surface area contributed by atoms with E-state index in [0.29, 0.717) is 12.1 Å². The monoisotopic (exact) mass is 192 g/mol. The second-order valence-corrected chi connectivity index (χ2v) is 3.15. The summed E-state index contributed by atoms with van der Waals surface area (Å²) < 4.78 is 0. The highest BCUT2D eigenvalue weighted by Gasteiger charge is 2.04. The summed E-state index contributed by atoms with van der Waals surface area (Å²) >= 11 is 0. The third-order valence-electron chi connectivity index (χ3n) is 1.92. The molecular formula is C11H16N2O. The Bertz CT molecular complexity index is 310. The van der Waals surface area contributed by atoms with Crippen LogP contribution in [0.15, 0.2) is 18.3 Å². The van der Waals surface area contributed by atoms with Gasteiger partial charge in [0.05, 0.1) is 0 Å². The standard InChI is InChI=1S/C11H16N2O/c1-3-5-10-8-9(6-7-13-10)11(14)12-4-2/h6-8H,3-5H2,1-2H3,(H,12,14). The fraction of sp³-hybridized carbons (Fsp3) is 0.455. The zero-order valence-electron chi connectivity index (χ0n) is 8.71. The number of nitrogens with one attached hydrogen (secondary N) is 1. The van der Waals surface area contributed by atoms with Crippen LogP contribution in [0.5, 0.6) is 0 Å². The Morgan fingerprint density at radius 1 is 1.50 bits per heavy atom. The van der Waals surface area contributed by atoms with Crippen molar-refractivity contribution in [2.24, 2.45) is 0 Å². The lowest BCUT2D eigenvalue weighted by Gasteiger charge is -2.03. The van der Waals surface area contributed by atoms with E-state index in [1.807, 2.05) is 13.0 Å². The molecule has 0 unspecified atom stereocenters. The SMILES string of the molecule is CCCc1cc(C(=O)NCC)ccn1. The number of aryl methyl sites for hydroxylation is 1. The largest absolute Gasteiger partial charge is 0.352 e. The molecule has 1 rings (SSSR count). The Morgan fingerprint density at radius 3 is 2.93 bits per heavy atom. The van der Waals surface area contributed by atoms with Crippen molar-refractivity contribution in [1.29, 1.82) is 0 Å². The van der Waals surface area contributed by atoms with Gasteiger partial charge in [-0.2, -0.15) is 0 Å². The summed E-state index contributed by atoms with van der Waals surface area (Å²) in [5, 5.41) is 2.76. The van der Waals surface area contributed by atoms with Crippen LogP contribution in [-0.2, 0) is 6.42 Å². The van der Waals surface area contributed by atoms with E-state index in [1.165, 1.54) is 0 Å². The molecule has 0 saturated carbocycles. The van der Waals surface area contributed by atoms with Crippen molar-refractivity contribution in [3.05, 3.63) is 29.6 Å².